The molecule has 3 rings (SSSR count). The molecule has 0 aliphatic heterocycles. The first-order valence-electron chi connectivity index (χ1n) is 8.19. The Labute approximate surface area is 152 Å². The summed E-state index contributed by atoms with van der Waals surface area (Å²) in [4.78, 5) is 12.2. The van der Waals surface area contributed by atoms with Crippen molar-refractivity contribution in [1.82, 2.24) is 10.2 Å². The number of anilines is 2. The highest BCUT2D eigenvalue weighted by Crippen LogP contribution is 2.21. The first-order chi connectivity index (χ1) is 12.6. The molecule has 2 amide bonds. The number of amides is 2. The second kappa shape index (κ2) is 7.65. The highest BCUT2D eigenvalue weighted by atomic mass is 16.5. The number of benzene rings is 2. The molecule has 1 aromatic heterocycles. The van der Waals surface area contributed by atoms with E-state index in [1.165, 1.54) is 0 Å². The van der Waals surface area contributed by atoms with Crippen molar-refractivity contribution in [3.63, 3.8) is 0 Å². The molecule has 2 N–H and O–H groups in total. The van der Waals surface area contributed by atoms with Crippen LogP contribution < -0.4 is 15.4 Å². The summed E-state index contributed by atoms with van der Waals surface area (Å²) < 4.78 is 5.00. The van der Waals surface area contributed by atoms with Gasteiger partial charge in [0.15, 0.2) is 0 Å². The van der Waals surface area contributed by atoms with Crippen molar-refractivity contribution in [2.75, 3.05) is 17.7 Å². The number of rotatable bonds is 4. The van der Waals surface area contributed by atoms with Gasteiger partial charge < -0.3 is 15.4 Å². The maximum Gasteiger partial charge on any atom is 0.323 e. The standard InChI is InChI=1S/C20H20N4O2/c1-13-5-4-6-17(14(13)2)22-20(25)21-16-9-7-15(8-10-16)18-11-12-19(26-3)24-23-18/h4-12H,1-3H3,(H2,21,22,25). The van der Waals surface area contributed by atoms with Crippen LogP contribution in [-0.4, -0.2) is 23.3 Å². The first-order valence-corrected chi connectivity index (χ1v) is 8.19. The van der Waals surface area contributed by atoms with Gasteiger partial charge in [0.2, 0.25) is 5.88 Å². The summed E-state index contributed by atoms with van der Waals surface area (Å²) in [5, 5.41) is 13.8. The minimum Gasteiger partial charge on any atom is -0.480 e. The summed E-state index contributed by atoms with van der Waals surface area (Å²) in [6.45, 7) is 3.99. The van der Waals surface area contributed by atoms with Crippen molar-refractivity contribution < 1.29 is 9.53 Å². The molecule has 6 nitrogen and oxygen atoms in total. The lowest BCUT2D eigenvalue weighted by Gasteiger charge is -2.11. The van der Waals surface area contributed by atoms with Gasteiger partial charge in [-0.3, -0.25) is 0 Å². The molecule has 0 bridgehead atoms. The quantitative estimate of drug-likeness (QED) is 0.732. The molecule has 0 radical (unpaired) electrons. The Morgan fingerprint density at radius 3 is 2.35 bits per heavy atom. The Kier molecular flexibility index (Phi) is 5.12. The SMILES string of the molecule is COc1ccc(-c2ccc(NC(=O)Nc3cccc(C)c3C)cc2)nn1. The van der Waals surface area contributed by atoms with Crippen molar-refractivity contribution in [1.29, 1.82) is 0 Å². The number of ether oxygens (including phenoxy) is 1. The molecule has 0 saturated heterocycles. The van der Waals surface area contributed by atoms with Crippen LogP contribution in [0, 0.1) is 13.8 Å². The fourth-order valence-corrected chi connectivity index (χ4v) is 2.48. The van der Waals surface area contributed by atoms with Crippen molar-refractivity contribution in [2.24, 2.45) is 0 Å². The van der Waals surface area contributed by atoms with E-state index in [4.69, 9.17) is 4.74 Å². The Morgan fingerprint density at radius 2 is 1.69 bits per heavy atom. The van der Waals surface area contributed by atoms with Gasteiger partial charge in [0.1, 0.15) is 0 Å². The third kappa shape index (κ3) is 3.97. The molecule has 132 valence electrons. The smallest absolute Gasteiger partial charge is 0.323 e. The summed E-state index contributed by atoms with van der Waals surface area (Å²) >= 11 is 0. The van der Waals surface area contributed by atoms with Crippen LogP contribution in [0.25, 0.3) is 11.3 Å². The van der Waals surface area contributed by atoms with Crippen LogP contribution >= 0.6 is 0 Å². The molecule has 0 spiro atoms. The van der Waals surface area contributed by atoms with Gasteiger partial charge in [-0.1, -0.05) is 24.3 Å². The van der Waals surface area contributed by atoms with E-state index in [0.29, 0.717) is 11.6 Å². The molecule has 26 heavy (non-hydrogen) atoms. The van der Waals surface area contributed by atoms with E-state index in [9.17, 15) is 4.79 Å². The number of urea groups is 1. The minimum atomic E-state index is -0.282. The van der Waals surface area contributed by atoms with Crippen LogP contribution in [0.15, 0.2) is 54.6 Å². The highest BCUT2D eigenvalue weighted by molar-refractivity contribution is 6.00. The summed E-state index contributed by atoms with van der Waals surface area (Å²) in [5.41, 5.74) is 5.31. The van der Waals surface area contributed by atoms with Crippen LogP contribution in [-0.2, 0) is 0 Å². The van der Waals surface area contributed by atoms with E-state index in [0.717, 1.165) is 28.1 Å². The first kappa shape index (κ1) is 17.4. The van der Waals surface area contributed by atoms with Crippen LogP contribution in [0.2, 0.25) is 0 Å². The Balaban J connectivity index is 1.66. The summed E-state index contributed by atoms with van der Waals surface area (Å²) in [5.74, 6) is 0.468. The summed E-state index contributed by atoms with van der Waals surface area (Å²) in [6, 6.07) is 16.5. The van der Waals surface area contributed by atoms with Crippen LogP contribution in [0.4, 0.5) is 16.2 Å². The van der Waals surface area contributed by atoms with E-state index in [2.05, 4.69) is 20.8 Å². The number of carbonyl (C=O) groups is 1. The molecule has 6 heteroatoms. The Bertz CT molecular complexity index is 906. The number of carbonyl (C=O) groups excluding carboxylic acids is 1. The lowest BCUT2D eigenvalue weighted by Crippen LogP contribution is -2.20. The monoisotopic (exact) mass is 348 g/mol. The predicted octanol–water partition coefficient (Wildman–Crippen LogP) is 4.41. The van der Waals surface area contributed by atoms with Gasteiger partial charge in [-0.05, 0) is 49.2 Å². The number of methoxy groups -OCH3 is 1. The third-order valence-electron chi connectivity index (χ3n) is 4.14. The largest absolute Gasteiger partial charge is 0.480 e. The van der Waals surface area contributed by atoms with E-state index in [1.807, 2.05) is 62.4 Å². The molecule has 0 aliphatic rings. The number of nitrogens with zero attached hydrogens (tertiary/aromatic N) is 2. The van der Waals surface area contributed by atoms with Gasteiger partial charge in [-0.25, -0.2) is 4.79 Å². The van der Waals surface area contributed by atoms with Crippen molar-refractivity contribution >= 4 is 17.4 Å². The topological polar surface area (TPSA) is 76.1 Å². The molecule has 3 aromatic rings. The molecule has 0 atom stereocenters. The van der Waals surface area contributed by atoms with Crippen LogP contribution in [0.5, 0.6) is 5.88 Å². The molecule has 0 saturated carbocycles. The van der Waals surface area contributed by atoms with Gasteiger partial charge in [0, 0.05) is 23.0 Å². The van der Waals surface area contributed by atoms with E-state index in [-0.39, 0.29) is 6.03 Å². The number of hydrogen-bond acceptors (Lipinski definition) is 4. The van der Waals surface area contributed by atoms with Gasteiger partial charge in [0.25, 0.3) is 0 Å². The van der Waals surface area contributed by atoms with Gasteiger partial charge in [-0.15, -0.1) is 10.2 Å². The number of aromatic nitrogens is 2. The average molecular weight is 348 g/mol. The predicted molar refractivity (Wildman–Crippen MR) is 103 cm³/mol. The van der Waals surface area contributed by atoms with Crippen molar-refractivity contribution in [2.45, 2.75) is 13.8 Å². The van der Waals surface area contributed by atoms with Crippen LogP contribution in [0.3, 0.4) is 0 Å². The molecule has 1 heterocycles. The van der Waals surface area contributed by atoms with E-state index < -0.39 is 0 Å². The second-order valence-electron chi connectivity index (χ2n) is 5.86. The van der Waals surface area contributed by atoms with Crippen LogP contribution in [0.1, 0.15) is 11.1 Å². The number of aryl methyl sites for hydroxylation is 1. The van der Waals surface area contributed by atoms with Gasteiger partial charge >= 0.3 is 6.03 Å². The number of nitrogens with one attached hydrogen (secondary N) is 2. The van der Waals surface area contributed by atoms with E-state index in [1.54, 1.807) is 13.2 Å². The molecule has 0 fully saturated rings. The molecule has 0 aliphatic carbocycles. The lowest BCUT2D eigenvalue weighted by molar-refractivity contribution is 0.262. The van der Waals surface area contributed by atoms with Crippen molar-refractivity contribution in [3.05, 3.63) is 65.7 Å². The zero-order chi connectivity index (χ0) is 18.5. The zero-order valence-corrected chi connectivity index (χ0v) is 14.9. The highest BCUT2D eigenvalue weighted by Gasteiger charge is 2.07. The summed E-state index contributed by atoms with van der Waals surface area (Å²) in [6.07, 6.45) is 0. The molecular formula is C20H20N4O2. The number of hydrogen-bond donors (Lipinski definition) is 2. The zero-order valence-electron chi connectivity index (χ0n) is 14.9. The minimum absolute atomic E-state index is 0.282. The fraction of sp³-hybridized carbons (Fsp3) is 0.150. The normalized spacial score (nSPS) is 10.3. The maximum atomic E-state index is 12.2. The Hall–Kier alpha value is -3.41. The fourth-order valence-electron chi connectivity index (χ4n) is 2.48. The second-order valence-corrected chi connectivity index (χ2v) is 5.86. The summed E-state index contributed by atoms with van der Waals surface area (Å²) in [7, 11) is 1.55. The molecular weight excluding hydrogens is 328 g/mol. The van der Waals surface area contributed by atoms with E-state index >= 15 is 0 Å². The molecule has 2 aromatic carbocycles. The third-order valence-corrected chi connectivity index (χ3v) is 4.14. The lowest BCUT2D eigenvalue weighted by atomic mass is 10.1. The van der Waals surface area contributed by atoms with Gasteiger partial charge in [-0.2, -0.15) is 0 Å². The van der Waals surface area contributed by atoms with Crippen molar-refractivity contribution in [3.8, 4) is 17.1 Å². The molecule has 0 unspecified atom stereocenters. The average Bonchev–Trinajstić information content (AvgIpc) is 2.66. The maximum absolute atomic E-state index is 12.2. The van der Waals surface area contributed by atoms with Gasteiger partial charge in [0.05, 0.1) is 12.8 Å². The Morgan fingerprint density at radius 1 is 0.923 bits per heavy atom.